The number of nitrogens with two attached hydrogens (primary N) is 1. The summed E-state index contributed by atoms with van der Waals surface area (Å²) in [7, 11) is 0. The van der Waals surface area contributed by atoms with Crippen molar-refractivity contribution in [3.8, 4) is 0 Å². The van der Waals surface area contributed by atoms with Crippen molar-refractivity contribution in [2.75, 3.05) is 6.54 Å². The molecule has 2 rings (SSSR count). The van der Waals surface area contributed by atoms with Crippen LogP contribution in [0.25, 0.3) is 0 Å². The summed E-state index contributed by atoms with van der Waals surface area (Å²) in [6.07, 6.45) is 5.12. The number of hydrogen-bond donors (Lipinski definition) is 2. The number of rotatable bonds is 5. The molecule has 4 unspecified atom stereocenters. The lowest BCUT2D eigenvalue weighted by Crippen LogP contribution is -2.45. The summed E-state index contributed by atoms with van der Waals surface area (Å²) in [6.45, 7) is 2.64. The largest absolute Gasteiger partial charge is 0.480 e. The van der Waals surface area contributed by atoms with Gasteiger partial charge in [0.15, 0.2) is 0 Å². The van der Waals surface area contributed by atoms with Crippen molar-refractivity contribution in [3.05, 3.63) is 0 Å². The molecule has 0 aromatic rings. The van der Waals surface area contributed by atoms with E-state index in [1.807, 2.05) is 6.92 Å². The lowest BCUT2D eigenvalue weighted by molar-refractivity contribution is -0.149. The zero-order valence-electron chi connectivity index (χ0n) is 11.5. The van der Waals surface area contributed by atoms with Crippen molar-refractivity contribution in [2.45, 2.75) is 57.5 Å². The van der Waals surface area contributed by atoms with E-state index >= 15 is 0 Å². The smallest absolute Gasteiger partial charge is 0.326 e. The standard InChI is InChI=1S/C14H24N2O3/c1-2-4-10(15)7-12(17)16-8-9-5-3-6-11(9)13(16)14(18)19/h9-11,13H,2-8,15H2,1H3,(H,18,19). The molecule has 5 heteroatoms. The van der Waals surface area contributed by atoms with Gasteiger partial charge in [0.1, 0.15) is 6.04 Å². The molecule has 0 radical (unpaired) electrons. The molecule has 2 aliphatic rings. The highest BCUT2D eigenvalue weighted by atomic mass is 16.4. The van der Waals surface area contributed by atoms with Gasteiger partial charge in [0.05, 0.1) is 0 Å². The maximum atomic E-state index is 12.3. The third-order valence-corrected chi connectivity index (χ3v) is 4.56. The summed E-state index contributed by atoms with van der Waals surface area (Å²) in [4.78, 5) is 25.3. The van der Waals surface area contributed by atoms with E-state index in [1.54, 1.807) is 4.90 Å². The van der Waals surface area contributed by atoms with E-state index in [0.29, 0.717) is 12.5 Å². The zero-order chi connectivity index (χ0) is 14.0. The second-order valence-corrected chi connectivity index (χ2v) is 5.94. The summed E-state index contributed by atoms with van der Waals surface area (Å²) >= 11 is 0. The minimum Gasteiger partial charge on any atom is -0.480 e. The van der Waals surface area contributed by atoms with Gasteiger partial charge in [0.2, 0.25) is 5.91 Å². The number of carboxylic acids is 1. The van der Waals surface area contributed by atoms with Crippen LogP contribution in [0.4, 0.5) is 0 Å². The van der Waals surface area contributed by atoms with Gasteiger partial charge in [-0.25, -0.2) is 4.79 Å². The molecule has 3 N–H and O–H groups in total. The first kappa shape index (κ1) is 14.3. The molecule has 1 amide bonds. The third-order valence-electron chi connectivity index (χ3n) is 4.56. The molecule has 1 saturated heterocycles. The van der Waals surface area contributed by atoms with Gasteiger partial charge in [-0.05, 0) is 31.1 Å². The van der Waals surface area contributed by atoms with Gasteiger partial charge in [-0.3, -0.25) is 4.79 Å². The normalized spacial score (nSPS) is 31.3. The van der Waals surface area contributed by atoms with Crippen LogP contribution in [0, 0.1) is 11.8 Å². The lowest BCUT2D eigenvalue weighted by Gasteiger charge is -2.25. The molecule has 1 aliphatic carbocycles. The first-order chi connectivity index (χ1) is 9.04. The molecule has 0 spiro atoms. The Morgan fingerprint density at radius 1 is 1.42 bits per heavy atom. The zero-order valence-corrected chi connectivity index (χ0v) is 11.5. The van der Waals surface area contributed by atoms with Crippen LogP contribution in [0.2, 0.25) is 0 Å². The van der Waals surface area contributed by atoms with Crippen LogP contribution in [0.5, 0.6) is 0 Å². The van der Waals surface area contributed by atoms with E-state index in [0.717, 1.165) is 32.1 Å². The molecule has 19 heavy (non-hydrogen) atoms. The summed E-state index contributed by atoms with van der Waals surface area (Å²) in [5.41, 5.74) is 5.90. The maximum absolute atomic E-state index is 12.3. The van der Waals surface area contributed by atoms with E-state index in [4.69, 9.17) is 5.73 Å². The highest BCUT2D eigenvalue weighted by Crippen LogP contribution is 2.42. The Balaban J connectivity index is 2.02. The molecular formula is C14H24N2O3. The number of carboxylic acid groups (broad SMARTS) is 1. The third kappa shape index (κ3) is 2.91. The number of carbonyl (C=O) groups is 2. The molecule has 4 atom stereocenters. The predicted molar refractivity (Wildman–Crippen MR) is 71.5 cm³/mol. The van der Waals surface area contributed by atoms with Crippen LogP contribution in [0.1, 0.15) is 45.4 Å². The number of hydrogen-bond acceptors (Lipinski definition) is 3. The molecule has 108 valence electrons. The van der Waals surface area contributed by atoms with Crippen LogP contribution in [0.15, 0.2) is 0 Å². The van der Waals surface area contributed by atoms with E-state index in [-0.39, 0.29) is 24.3 Å². The molecule has 2 fully saturated rings. The predicted octanol–water partition coefficient (Wildman–Crippen LogP) is 1.22. The van der Waals surface area contributed by atoms with E-state index < -0.39 is 12.0 Å². The average molecular weight is 268 g/mol. The molecule has 1 heterocycles. The van der Waals surface area contributed by atoms with Crippen molar-refractivity contribution in [2.24, 2.45) is 17.6 Å². The minimum absolute atomic E-state index is 0.0808. The minimum atomic E-state index is -0.855. The SMILES string of the molecule is CCCC(N)CC(=O)N1CC2CCCC2C1C(=O)O. The average Bonchev–Trinajstić information content (AvgIpc) is 2.86. The van der Waals surface area contributed by atoms with E-state index in [9.17, 15) is 14.7 Å². The van der Waals surface area contributed by atoms with Gasteiger partial charge in [-0.1, -0.05) is 19.8 Å². The van der Waals surface area contributed by atoms with Crippen LogP contribution in [-0.2, 0) is 9.59 Å². The summed E-state index contributed by atoms with van der Waals surface area (Å²) in [5.74, 6) is -0.397. The van der Waals surface area contributed by atoms with Crippen LogP contribution in [0.3, 0.4) is 0 Å². The first-order valence-electron chi connectivity index (χ1n) is 7.32. The second-order valence-electron chi connectivity index (χ2n) is 5.94. The Labute approximate surface area is 114 Å². The Morgan fingerprint density at radius 2 is 2.16 bits per heavy atom. The molecule has 1 saturated carbocycles. The van der Waals surface area contributed by atoms with Crippen molar-refractivity contribution in [1.29, 1.82) is 0 Å². The first-order valence-corrected chi connectivity index (χ1v) is 7.32. The monoisotopic (exact) mass is 268 g/mol. The molecular weight excluding hydrogens is 244 g/mol. The number of likely N-dealkylation sites (tertiary alicyclic amines) is 1. The number of amides is 1. The van der Waals surface area contributed by atoms with E-state index in [1.165, 1.54) is 0 Å². The maximum Gasteiger partial charge on any atom is 0.326 e. The van der Waals surface area contributed by atoms with Crippen LogP contribution < -0.4 is 5.73 Å². The highest BCUT2D eigenvalue weighted by molar-refractivity contribution is 5.85. The number of aliphatic carboxylic acids is 1. The molecule has 5 nitrogen and oxygen atoms in total. The molecule has 0 aromatic carbocycles. The topological polar surface area (TPSA) is 83.6 Å². The molecule has 1 aliphatic heterocycles. The summed E-state index contributed by atoms with van der Waals surface area (Å²) < 4.78 is 0. The van der Waals surface area contributed by atoms with Crippen molar-refractivity contribution in [3.63, 3.8) is 0 Å². The Hall–Kier alpha value is -1.10. The van der Waals surface area contributed by atoms with Crippen molar-refractivity contribution in [1.82, 2.24) is 4.90 Å². The fraction of sp³-hybridized carbons (Fsp3) is 0.857. The Morgan fingerprint density at radius 3 is 2.79 bits per heavy atom. The van der Waals surface area contributed by atoms with Gasteiger partial charge in [-0.15, -0.1) is 0 Å². The molecule has 0 aromatic heterocycles. The second kappa shape index (κ2) is 5.90. The lowest BCUT2D eigenvalue weighted by atomic mass is 9.94. The highest BCUT2D eigenvalue weighted by Gasteiger charge is 2.49. The fourth-order valence-electron chi connectivity index (χ4n) is 3.69. The van der Waals surface area contributed by atoms with Crippen LogP contribution >= 0.6 is 0 Å². The van der Waals surface area contributed by atoms with Crippen molar-refractivity contribution < 1.29 is 14.7 Å². The quantitative estimate of drug-likeness (QED) is 0.785. The number of carbonyl (C=O) groups excluding carboxylic acids is 1. The Bertz CT molecular complexity index is 359. The van der Waals surface area contributed by atoms with Gasteiger partial charge >= 0.3 is 5.97 Å². The fourth-order valence-corrected chi connectivity index (χ4v) is 3.69. The van der Waals surface area contributed by atoms with Gasteiger partial charge in [-0.2, -0.15) is 0 Å². The van der Waals surface area contributed by atoms with Gasteiger partial charge in [0, 0.05) is 19.0 Å². The van der Waals surface area contributed by atoms with Gasteiger partial charge in [0.25, 0.3) is 0 Å². The van der Waals surface area contributed by atoms with Crippen LogP contribution in [-0.4, -0.2) is 40.5 Å². The van der Waals surface area contributed by atoms with Gasteiger partial charge < -0.3 is 15.7 Å². The Kier molecular flexibility index (Phi) is 4.45. The van der Waals surface area contributed by atoms with Crippen molar-refractivity contribution >= 4 is 11.9 Å². The number of fused-ring (bicyclic) bond motifs is 1. The number of nitrogens with zero attached hydrogens (tertiary/aromatic N) is 1. The summed E-state index contributed by atoms with van der Waals surface area (Å²) in [6, 6.07) is -0.763. The molecule has 0 bridgehead atoms. The summed E-state index contributed by atoms with van der Waals surface area (Å²) in [5, 5.41) is 9.39. The van der Waals surface area contributed by atoms with E-state index in [2.05, 4.69) is 0 Å².